The fraction of sp³-hybridized carbons (Fsp3) is 0.471. The molecule has 2 heterocycles. The Morgan fingerprint density at radius 3 is 2.83 bits per heavy atom. The van der Waals surface area contributed by atoms with Gasteiger partial charge in [-0.1, -0.05) is 5.16 Å². The lowest BCUT2D eigenvalue weighted by Crippen LogP contribution is -2.16. The molecule has 2 N–H and O–H groups in total. The van der Waals surface area contributed by atoms with E-state index in [0.717, 1.165) is 24.3 Å². The van der Waals surface area contributed by atoms with Gasteiger partial charge in [0.2, 0.25) is 5.88 Å². The van der Waals surface area contributed by atoms with Crippen molar-refractivity contribution < 1.29 is 14.1 Å². The summed E-state index contributed by atoms with van der Waals surface area (Å²) in [6, 6.07) is 5.32. The molecule has 0 radical (unpaired) electrons. The largest absolute Gasteiger partial charge is 0.477 e. The molecule has 2 aromatic rings. The second-order valence-corrected chi connectivity index (χ2v) is 6.43. The minimum atomic E-state index is -0.493. The van der Waals surface area contributed by atoms with Crippen molar-refractivity contribution in [2.45, 2.75) is 38.0 Å². The first-order chi connectivity index (χ1) is 11.2. The van der Waals surface area contributed by atoms with Crippen LogP contribution >= 0.6 is 0 Å². The van der Waals surface area contributed by atoms with Crippen LogP contribution in [0, 0.1) is 5.92 Å². The van der Waals surface area contributed by atoms with Crippen molar-refractivity contribution in [2.75, 3.05) is 6.61 Å². The number of carbonyl (C=O) groups excluding carboxylic acids is 1. The first-order valence-corrected chi connectivity index (χ1v) is 8.07. The Morgan fingerprint density at radius 2 is 2.13 bits per heavy atom. The van der Waals surface area contributed by atoms with Crippen molar-refractivity contribution in [1.82, 2.24) is 10.1 Å². The predicted molar refractivity (Wildman–Crippen MR) is 82.3 cm³/mol. The summed E-state index contributed by atoms with van der Waals surface area (Å²) in [6.07, 6.45) is 5.16. The average Bonchev–Trinajstić information content (AvgIpc) is 3.45. The molecule has 0 aliphatic heterocycles. The van der Waals surface area contributed by atoms with Gasteiger partial charge >= 0.3 is 0 Å². The molecule has 2 aliphatic rings. The molecule has 1 amide bonds. The number of carbonyl (C=O) groups is 1. The Hall–Kier alpha value is -2.37. The summed E-state index contributed by atoms with van der Waals surface area (Å²) in [7, 11) is 0. The maximum atomic E-state index is 11.6. The molecule has 2 fully saturated rings. The molecular formula is C17H19N3O3. The van der Waals surface area contributed by atoms with Crippen LogP contribution in [0.1, 0.15) is 59.1 Å². The number of pyridine rings is 1. The molecule has 0 spiro atoms. The highest BCUT2D eigenvalue weighted by Gasteiger charge is 2.28. The van der Waals surface area contributed by atoms with Gasteiger partial charge in [0, 0.05) is 24.5 Å². The second kappa shape index (κ2) is 5.68. The first-order valence-electron chi connectivity index (χ1n) is 8.07. The number of primary amides is 1. The number of ether oxygens (including phenoxy) is 1. The van der Waals surface area contributed by atoms with Gasteiger partial charge in [0.05, 0.1) is 23.6 Å². The van der Waals surface area contributed by atoms with Crippen molar-refractivity contribution >= 4 is 5.91 Å². The van der Waals surface area contributed by atoms with E-state index in [1.54, 1.807) is 12.1 Å². The molecule has 6 heteroatoms. The first kappa shape index (κ1) is 14.2. The summed E-state index contributed by atoms with van der Waals surface area (Å²) >= 11 is 0. The van der Waals surface area contributed by atoms with Crippen LogP contribution in [-0.2, 0) is 6.42 Å². The third kappa shape index (κ3) is 3.36. The van der Waals surface area contributed by atoms with Gasteiger partial charge in [-0.2, -0.15) is 0 Å². The van der Waals surface area contributed by atoms with Crippen molar-refractivity contribution in [3.8, 4) is 5.88 Å². The smallest absolute Gasteiger partial charge is 0.250 e. The standard InChI is InChI=1S/C17H19N3O3/c18-17(21)13-5-6-16(22-9-10-1-2-10)19-14(13)7-12-8-15(23-20-12)11-3-4-11/h5-6,8,10-11H,1-4,7,9H2,(H2,18,21). The fourth-order valence-corrected chi connectivity index (χ4v) is 2.55. The zero-order valence-corrected chi connectivity index (χ0v) is 12.8. The quantitative estimate of drug-likeness (QED) is 0.847. The average molecular weight is 313 g/mol. The van der Waals surface area contributed by atoms with Crippen LogP contribution in [0.2, 0.25) is 0 Å². The van der Waals surface area contributed by atoms with Crippen molar-refractivity contribution in [2.24, 2.45) is 11.7 Å². The SMILES string of the molecule is NC(=O)c1ccc(OCC2CC2)nc1Cc1cc(C2CC2)on1. The van der Waals surface area contributed by atoms with E-state index in [2.05, 4.69) is 10.1 Å². The van der Waals surface area contributed by atoms with E-state index in [4.69, 9.17) is 15.0 Å². The van der Waals surface area contributed by atoms with Crippen molar-refractivity contribution in [3.63, 3.8) is 0 Å². The Balaban J connectivity index is 1.54. The molecule has 0 bridgehead atoms. The molecule has 0 atom stereocenters. The van der Waals surface area contributed by atoms with Crippen LogP contribution in [0.15, 0.2) is 22.7 Å². The van der Waals surface area contributed by atoms with Gasteiger partial charge < -0.3 is 15.0 Å². The Kier molecular flexibility index (Phi) is 3.52. The summed E-state index contributed by atoms with van der Waals surface area (Å²) in [4.78, 5) is 16.1. The van der Waals surface area contributed by atoms with Crippen LogP contribution in [-0.4, -0.2) is 22.7 Å². The Bertz CT molecular complexity index is 732. The lowest BCUT2D eigenvalue weighted by Gasteiger charge is -2.08. The predicted octanol–water partition coefficient (Wildman–Crippen LogP) is 2.43. The van der Waals surface area contributed by atoms with Gasteiger partial charge in [0.15, 0.2) is 0 Å². The van der Waals surface area contributed by atoms with Crippen LogP contribution in [0.25, 0.3) is 0 Å². The molecule has 2 aliphatic carbocycles. The van der Waals surface area contributed by atoms with E-state index < -0.39 is 5.91 Å². The molecule has 23 heavy (non-hydrogen) atoms. The topological polar surface area (TPSA) is 91.2 Å². The highest BCUT2D eigenvalue weighted by molar-refractivity contribution is 5.94. The summed E-state index contributed by atoms with van der Waals surface area (Å²) in [6.45, 7) is 0.679. The van der Waals surface area contributed by atoms with Crippen LogP contribution in [0.5, 0.6) is 5.88 Å². The highest BCUT2D eigenvalue weighted by atomic mass is 16.5. The third-order valence-corrected chi connectivity index (χ3v) is 4.28. The number of aromatic nitrogens is 2. The van der Waals surface area contributed by atoms with E-state index >= 15 is 0 Å². The number of nitrogens with two attached hydrogens (primary N) is 1. The van der Waals surface area contributed by atoms with E-state index in [-0.39, 0.29) is 0 Å². The Labute approximate surface area is 134 Å². The van der Waals surface area contributed by atoms with Crippen LogP contribution in [0.4, 0.5) is 0 Å². The van der Waals surface area contributed by atoms with Crippen LogP contribution in [0.3, 0.4) is 0 Å². The molecule has 2 saturated carbocycles. The summed E-state index contributed by atoms with van der Waals surface area (Å²) in [5.74, 6) is 2.11. The lowest BCUT2D eigenvalue weighted by atomic mass is 10.1. The van der Waals surface area contributed by atoms with E-state index in [1.807, 2.05) is 6.07 Å². The third-order valence-electron chi connectivity index (χ3n) is 4.28. The monoisotopic (exact) mass is 313 g/mol. The van der Waals surface area contributed by atoms with E-state index in [0.29, 0.717) is 42.0 Å². The molecular weight excluding hydrogens is 294 g/mol. The highest BCUT2D eigenvalue weighted by Crippen LogP contribution is 2.40. The van der Waals surface area contributed by atoms with Gasteiger partial charge in [-0.05, 0) is 37.7 Å². The zero-order chi connectivity index (χ0) is 15.8. The number of nitrogens with zero attached hydrogens (tertiary/aromatic N) is 2. The second-order valence-electron chi connectivity index (χ2n) is 6.43. The van der Waals surface area contributed by atoms with Crippen molar-refractivity contribution in [1.29, 1.82) is 0 Å². The number of hydrogen-bond acceptors (Lipinski definition) is 5. The van der Waals surface area contributed by atoms with Gasteiger partial charge in [0.1, 0.15) is 5.76 Å². The summed E-state index contributed by atoms with van der Waals surface area (Å²) in [5.41, 5.74) is 7.20. The zero-order valence-electron chi connectivity index (χ0n) is 12.8. The molecule has 0 saturated heterocycles. The normalized spacial score (nSPS) is 17.2. The van der Waals surface area contributed by atoms with E-state index in [1.165, 1.54) is 12.8 Å². The van der Waals surface area contributed by atoms with Crippen molar-refractivity contribution in [3.05, 3.63) is 40.9 Å². The fourth-order valence-electron chi connectivity index (χ4n) is 2.55. The van der Waals surface area contributed by atoms with Gasteiger partial charge in [-0.15, -0.1) is 0 Å². The molecule has 120 valence electrons. The Morgan fingerprint density at radius 1 is 1.30 bits per heavy atom. The maximum absolute atomic E-state index is 11.6. The van der Waals surface area contributed by atoms with Gasteiger partial charge in [-0.25, -0.2) is 4.98 Å². The molecule has 0 aromatic carbocycles. The minimum Gasteiger partial charge on any atom is -0.477 e. The maximum Gasteiger partial charge on any atom is 0.250 e. The molecule has 0 unspecified atom stereocenters. The minimum absolute atomic E-state index is 0.403. The number of amides is 1. The van der Waals surface area contributed by atoms with Crippen LogP contribution < -0.4 is 10.5 Å². The lowest BCUT2D eigenvalue weighted by molar-refractivity contribution is 0.0999. The van der Waals surface area contributed by atoms with Gasteiger partial charge in [-0.3, -0.25) is 4.79 Å². The summed E-state index contributed by atoms with van der Waals surface area (Å²) in [5, 5.41) is 4.08. The molecule has 2 aromatic heterocycles. The van der Waals surface area contributed by atoms with E-state index in [9.17, 15) is 4.79 Å². The molecule has 4 rings (SSSR count). The summed E-state index contributed by atoms with van der Waals surface area (Å²) < 4.78 is 11.0. The number of rotatable bonds is 7. The molecule has 6 nitrogen and oxygen atoms in total. The number of hydrogen-bond donors (Lipinski definition) is 1. The van der Waals surface area contributed by atoms with Gasteiger partial charge in [0.25, 0.3) is 5.91 Å².